The first-order valence-electron chi connectivity index (χ1n) is 7.50. The van der Waals surface area contributed by atoms with E-state index in [1.54, 1.807) is 19.1 Å². The Morgan fingerprint density at radius 2 is 2.12 bits per heavy atom. The third-order valence-corrected chi connectivity index (χ3v) is 3.88. The zero-order valence-corrected chi connectivity index (χ0v) is 13.7. The number of hydrogen-bond donors (Lipinski definition) is 2. The van der Waals surface area contributed by atoms with E-state index in [0.717, 1.165) is 0 Å². The van der Waals surface area contributed by atoms with Crippen LogP contribution in [0.4, 0.5) is 0 Å². The Morgan fingerprint density at radius 1 is 1.36 bits per heavy atom. The van der Waals surface area contributed by atoms with E-state index in [0.29, 0.717) is 28.6 Å². The second-order valence-corrected chi connectivity index (χ2v) is 5.61. The van der Waals surface area contributed by atoms with Gasteiger partial charge < -0.3 is 29.5 Å². The van der Waals surface area contributed by atoms with Gasteiger partial charge in [0.1, 0.15) is 5.76 Å². The number of ether oxygens (including phenoxy) is 3. The summed E-state index contributed by atoms with van der Waals surface area (Å²) in [4.78, 5) is 23.5. The average molecular weight is 347 g/mol. The van der Waals surface area contributed by atoms with Gasteiger partial charge in [-0.1, -0.05) is 0 Å². The monoisotopic (exact) mass is 347 g/mol. The van der Waals surface area contributed by atoms with Crippen LogP contribution in [0.25, 0.3) is 0 Å². The van der Waals surface area contributed by atoms with Crippen molar-refractivity contribution in [3.63, 3.8) is 0 Å². The van der Waals surface area contributed by atoms with Crippen LogP contribution in [-0.4, -0.2) is 24.9 Å². The molecule has 0 radical (unpaired) electrons. The molecule has 0 bridgehead atoms. The standard InChI is InChI=1S/C17H17NO7/c1-8-3-11(19)15(21)16(25-8)10(6-14(18)20)9-4-12(22-2)17-13(5-9)23-7-24-17/h3-5,10,21H,6-7H2,1-2H3,(H2,18,20). The van der Waals surface area contributed by atoms with Gasteiger partial charge in [-0.05, 0) is 24.6 Å². The molecule has 0 spiro atoms. The van der Waals surface area contributed by atoms with Gasteiger partial charge in [-0.15, -0.1) is 0 Å². The number of rotatable bonds is 5. The zero-order valence-electron chi connectivity index (χ0n) is 13.7. The molecule has 2 heterocycles. The van der Waals surface area contributed by atoms with Gasteiger partial charge in [-0.25, -0.2) is 0 Å². The minimum atomic E-state index is -0.784. The lowest BCUT2D eigenvalue weighted by Crippen LogP contribution is -2.18. The summed E-state index contributed by atoms with van der Waals surface area (Å²) in [6, 6.07) is 4.43. The van der Waals surface area contributed by atoms with Crippen molar-refractivity contribution < 1.29 is 28.5 Å². The van der Waals surface area contributed by atoms with Crippen molar-refractivity contribution in [3.8, 4) is 23.0 Å². The molecule has 3 N–H and O–H groups in total. The molecular formula is C17H17NO7. The maximum atomic E-state index is 11.9. The molecule has 1 amide bonds. The number of amides is 1. The van der Waals surface area contributed by atoms with E-state index in [1.807, 2.05) is 0 Å². The topological polar surface area (TPSA) is 121 Å². The lowest BCUT2D eigenvalue weighted by atomic mass is 9.91. The first kappa shape index (κ1) is 16.7. The largest absolute Gasteiger partial charge is 0.502 e. The third-order valence-electron chi connectivity index (χ3n) is 3.88. The summed E-state index contributed by atoms with van der Waals surface area (Å²) in [7, 11) is 1.47. The van der Waals surface area contributed by atoms with Crippen LogP contribution >= 0.6 is 0 Å². The molecule has 1 aromatic carbocycles. The summed E-state index contributed by atoms with van der Waals surface area (Å²) in [6.07, 6.45) is -0.178. The molecule has 2 aromatic rings. The number of aromatic hydroxyl groups is 1. The first-order chi connectivity index (χ1) is 11.9. The highest BCUT2D eigenvalue weighted by atomic mass is 16.7. The molecule has 0 saturated carbocycles. The molecule has 1 atom stereocenters. The smallest absolute Gasteiger partial charge is 0.231 e. The number of carbonyl (C=O) groups excluding carboxylic acids is 1. The van der Waals surface area contributed by atoms with E-state index in [1.165, 1.54) is 13.2 Å². The summed E-state index contributed by atoms with van der Waals surface area (Å²) in [6.45, 7) is 1.62. The predicted molar refractivity (Wildman–Crippen MR) is 86.2 cm³/mol. The number of nitrogens with two attached hydrogens (primary N) is 1. The van der Waals surface area contributed by atoms with Crippen LogP contribution in [-0.2, 0) is 4.79 Å². The van der Waals surface area contributed by atoms with Crippen LogP contribution in [0.5, 0.6) is 23.0 Å². The normalized spacial score (nSPS) is 13.5. The Kier molecular flexibility index (Phi) is 4.26. The zero-order chi connectivity index (χ0) is 18.1. The Balaban J connectivity index is 2.18. The second kappa shape index (κ2) is 6.39. The fourth-order valence-electron chi connectivity index (χ4n) is 2.78. The number of aryl methyl sites for hydroxylation is 1. The van der Waals surface area contributed by atoms with E-state index < -0.39 is 23.0 Å². The van der Waals surface area contributed by atoms with Crippen molar-refractivity contribution in [2.24, 2.45) is 5.73 Å². The van der Waals surface area contributed by atoms with Crippen LogP contribution in [0, 0.1) is 6.92 Å². The van der Waals surface area contributed by atoms with Gasteiger partial charge in [-0.2, -0.15) is 0 Å². The SMILES string of the molecule is COc1cc(C(CC(N)=O)c2oc(C)cc(=O)c2O)cc2c1OCO2. The molecular weight excluding hydrogens is 330 g/mol. The predicted octanol–water partition coefficient (Wildman–Crippen LogP) is 1.40. The van der Waals surface area contributed by atoms with Gasteiger partial charge in [-0.3, -0.25) is 9.59 Å². The van der Waals surface area contributed by atoms with Crippen molar-refractivity contribution in [3.05, 3.63) is 45.5 Å². The third kappa shape index (κ3) is 3.10. The number of carbonyl (C=O) groups is 1. The Labute approximate surface area is 142 Å². The van der Waals surface area contributed by atoms with Crippen molar-refractivity contribution in [2.45, 2.75) is 19.3 Å². The van der Waals surface area contributed by atoms with Crippen LogP contribution in [0.3, 0.4) is 0 Å². The van der Waals surface area contributed by atoms with E-state index >= 15 is 0 Å². The number of hydrogen-bond acceptors (Lipinski definition) is 7. The van der Waals surface area contributed by atoms with Gasteiger partial charge in [0.05, 0.1) is 13.0 Å². The van der Waals surface area contributed by atoms with Crippen molar-refractivity contribution in [1.29, 1.82) is 0 Å². The fourth-order valence-corrected chi connectivity index (χ4v) is 2.78. The number of methoxy groups -OCH3 is 1. The highest BCUT2D eigenvalue weighted by Crippen LogP contribution is 2.45. The quantitative estimate of drug-likeness (QED) is 0.838. The maximum Gasteiger partial charge on any atom is 0.231 e. The lowest BCUT2D eigenvalue weighted by molar-refractivity contribution is -0.118. The minimum Gasteiger partial charge on any atom is -0.502 e. The molecule has 132 valence electrons. The maximum absolute atomic E-state index is 11.9. The molecule has 0 fully saturated rings. The molecule has 3 rings (SSSR count). The number of fused-ring (bicyclic) bond motifs is 1. The summed E-state index contributed by atoms with van der Waals surface area (Å²) in [5.74, 6) is -0.428. The highest BCUT2D eigenvalue weighted by molar-refractivity contribution is 5.75. The molecule has 0 aliphatic carbocycles. The van der Waals surface area contributed by atoms with E-state index in [9.17, 15) is 14.7 Å². The molecule has 1 aliphatic rings. The minimum absolute atomic E-state index is 0.0373. The van der Waals surface area contributed by atoms with Gasteiger partial charge in [0.25, 0.3) is 0 Å². The Hall–Kier alpha value is -3.16. The summed E-state index contributed by atoms with van der Waals surface area (Å²) in [5.41, 5.74) is 5.29. The van der Waals surface area contributed by atoms with Gasteiger partial charge in [0.2, 0.25) is 29.6 Å². The number of benzene rings is 1. The van der Waals surface area contributed by atoms with Crippen LogP contribution < -0.4 is 25.4 Å². The molecule has 0 saturated heterocycles. The fraction of sp³-hybridized carbons (Fsp3) is 0.294. The molecule has 25 heavy (non-hydrogen) atoms. The Morgan fingerprint density at radius 3 is 2.80 bits per heavy atom. The highest BCUT2D eigenvalue weighted by Gasteiger charge is 2.29. The average Bonchev–Trinajstić information content (AvgIpc) is 3.03. The summed E-state index contributed by atoms with van der Waals surface area (Å²) < 4.78 is 21.5. The number of primary amides is 1. The lowest BCUT2D eigenvalue weighted by Gasteiger charge is -2.18. The summed E-state index contributed by atoms with van der Waals surface area (Å²) in [5, 5.41) is 10.1. The van der Waals surface area contributed by atoms with E-state index in [4.69, 9.17) is 24.4 Å². The molecule has 8 nitrogen and oxygen atoms in total. The van der Waals surface area contributed by atoms with E-state index in [-0.39, 0.29) is 19.0 Å². The van der Waals surface area contributed by atoms with Gasteiger partial charge in [0, 0.05) is 12.5 Å². The molecule has 1 aromatic heterocycles. The molecule has 1 aliphatic heterocycles. The molecule has 8 heteroatoms. The Bertz CT molecular complexity index is 887. The molecule has 1 unspecified atom stereocenters. The van der Waals surface area contributed by atoms with Crippen molar-refractivity contribution >= 4 is 5.91 Å². The van der Waals surface area contributed by atoms with Crippen LogP contribution in [0.2, 0.25) is 0 Å². The van der Waals surface area contributed by atoms with E-state index in [2.05, 4.69) is 0 Å². The second-order valence-electron chi connectivity index (χ2n) is 5.61. The van der Waals surface area contributed by atoms with Crippen LogP contribution in [0.15, 0.2) is 27.4 Å². The van der Waals surface area contributed by atoms with Gasteiger partial charge >= 0.3 is 0 Å². The first-order valence-corrected chi connectivity index (χ1v) is 7.50. The van der Waals surface area contributed by atoms with Crippen molar-refractivity contribution in [2.75, 3.05) is 13.9 Å². The van der Waals surface area contributed by atoms with Gasteiger partial charge in [0.15, 0.2) is 17.3 Å². The summed E-state index contributed by atoms with van der Waals surface area (Å²) >= 11 is 0. The van der Waals surface area contributed by atoms with Crippen LogP contribution in [0.1, 0.15) is 29.4 Å². The van der Waals surface area contributed by atoms with Crippen molar-refractivity contribution in [1.82, 2.24) is 0 Å².